The van der Waals surface area contributed by atoms with Crippen molar-refractivity contribution in [3.8, 4) is 17.0 Å². The summed E-state index contributed by atoms with van der Waals surface area (Å²) in [4.78, 5) is 26.1. The first-order valence-electron chi connectivity index (χ1n) is 6.62. The Morgan fingerprint density at radius 1 is 1.52 bits per heavy atom. The normalized spacial score (nSPS) is 10.8. The second-order valence-corrected chi connectivity index (χ2v) is 5.41. The third-order valence-electron chi connectivity index (χ3n) is 3.18. The lowest BCUT2D eigenvalue weighted by Gasteiger charge is -2.09. The van der Waals surface area contributed by atoms with Crippen molar-refractivity contribution in [2.45, 2.75) is 6.92 Å². The van der Waals surface area contributed by atoms with Gasteiger partial charge in [0.1, 0.15) is 5.75 Å². The van der Waals surface area contributed by atoms with Gasteiger partial charge in [0.2, 0.25) is 0 Å². The largest absolute Gasteiger partial charge is 0.493 e. The first-order valence-corrected chi connectivity index (χ1v) is 7.50. The molecule has 23 heavy (non-hydrogen) atoms. The topological polar surface area (TPSA) is 107 Å². The number of carboxylic acid groups (broad SMARTS) is 1. The number of benzene rings is 1. The Bertz CT molecular complexity index is 914. The van der Waals surface area contributed by atoms with Crippen LogP contribution in [-0.2, 0) is 0 Å². The number of hydrogen-bond acceptors (Lipinski definition) is 6. The monoisotopic (exact) mass is 333 g/mol. The predicted octanol–water partition coefficient (Wildman–Crippen LogP) is 3.07. The quantitative estimate of drug-likeness (QED) is 0.568. The van der Waals surface area contributed by atoms with Crippen LogP contribution in [0.2, 0.25) is 0 Å². The van der Waals surface area contributed by atoms with E-state index in [-0.39, 0.29) is 11.4 Å². The molecule has 0 aliphatic heterocycles. The van der Waals surface area contributed by atoms with E-state index in [0.29, 0.717) is 28.6 Å². The molecular weight excluding hydrogens is 322 g/mol. The molecule has 0 fully saturated rings. The number of hydrogen-bond donors (Lipinski definition) is 1. The average molecular weight is 333 g/mol. The zero-order valence-electron chi connectivity index (χ0n) is 11.9. The minimum Gasteiger partial charge on any atom is -0.493 e. The number of carbonyl (C=O) groups is 1. The summed E-state index contributed by atoms with van der Waals surface area (Å²) in [7, 11) is 0. The SMILES string of the molecule is CCOc1ccc([N+](=O)[O-])cc1-c1csc2nc(C(=O)O)cn12. The van der Waals surface area contributed by atoms with E-state index in [4.69, 9.17) is 9.84 Å². The molecule has 0 unspecified atom stereocenters. The molecule has 9 heteroatoms. The number of aromatic nitrogens is 2. The number of rotatable bonds is 5. The number of non-ortho nitro benzene ring substituents is 1. The minimum absolute atomic E-state index is 0.0682. The molecule has 2 aromatic heterocycles. The molecule has 1 N–H and O–H groups in total. The maximum absolute atomic E-state index is 11.0. The van der Waals surface area contributed by atoms with Gasteiger partial charge in [0, 0.05) is 29.3 Å². The molecule has 0 radical (unpaired) electrons. The van der Waals surface area contributed by atoms with Crippen molar-refractivity contribution >= 4 is 28.0 Å². The van der Waals surface area contributed by atoms with E-state index in [9.17, 15) is 14.9 Å². The highest BCUT2D eigenvalue weighted by molar-refractivity contribution is 7.15. The molecule has 0 atom stereocenters. The van der Waals surface area contributed by atoms with Crippen LogP contribution in [0.4, 0.5) is 5.69 Å². The Morgan fingerprint density at radius 2 is 2.30 bits per heavy atom. The minimum atomic E-state index is -1.13. The van der Waals surface area contributed by atoms with Gasteiger partial charge in [-0.2, -0.15) is 0 Å². The van der Waals surface area contributed by atoms with Gasteiger partial charge in [-0.1, -0.05) is 0 Å². The zero-order chi connectivity index (χ0) is 16.6. The summed E-state index contributed by atoms with van der Waals surface area (Å²) in [6.07, 6.45) is 1.39. The fourth-order valence-electron chi connectivity index (χ4n) is 2.19. The van der Waals surface area contributed by atoms with Crippen molar-refractivity contribution < 1.29 is 19.6 Å². The van der Waals surface area contributed by atoms with Gasteiger partial charge < -0.3 is 9.84 Å². The van der Waals surface area contributed by atoms with E-state index in [1.54, 1.807) is 9.78 Å². The Kier molecular flexibility index (Phi) is 3.70. The van der Waals surface area contributed by atoms with Crippen LogP contribution < -0.4 is 4.74 Å². The summed E-state index contributed by atoms with van der Waals surface area (Å²) in [6.45, 7) is 2.22. The summed E-state index contributed by atoms with van der Waals surface area (Å²) >= 11 is 1.25. The molecule has 0 amide bonds. The maximum atomic E-state index is 11.0. The van der Waals surface area contributed by atoms with Crippen molar-refractivity contribution in [1.82, 2.24) is 9.38 Å². The van der Waals surface area contributed by atoms with Crippen LogP contribution in [0.25, 0.3) is 16.2 Å². The number of nitrogens with zero attached hydrogens (tertiary/aromatic N) is 3. The van der Waals surface area contributed by atoms with Crippen LogP contribution in [0.3, 0.4) is 0 Å². The molecule has 0 spiro atoms. The van der Waals surface area contributed by atoms with Crippen molar-refractivity contribution in [2.75, 3.05) is 6.61 Å². The van der Waals surface area contributed by atoms with E-state index >= 15 is 0 Å². The summed E-state index contributed by atoms with van der Waals surface area (Å²) in [5, 5.41) is 21.8. The average Bonchev–Trinajstić information content (AvgIpc) is 3.08. The van der Waals surface area contributed by atoms with Crippen LogP contribution in [0, 0.1) is 10.1 Å². The van der Waals surface area contributed by atoms with Crippen LogP contribution >= 0.6 is 11.3 Å². The fourth-order valence-corrected chi connectivity index (χ4v) is 3.07. The van der Waals surface area contributed by atoms with Gasteiger partial charge in [-0.3, -0.25) is 14.5 Å². The molecule has 2 heterocycles. The maximum Gasteiger partial charge on any atom is 0.356 e. The Labute approximate surface area is 133 Å². The third kappa shape index (κ3) is 2.61. The number of aromatic carboxylic acids is 1. The van der Waals surface area contributed by atoms with Crippen LogP contribution in [0.1, 0.15) is 17.4 Å². The highest BCUT2D eigenvalue weighted by Crippen LogP contribution is 2.36. The lowest BCUT2D eigenvalue weighted by atomic mass is 10.1. The molecule has 0 saturated heterocycles. The van der Waals surface area contributed by atoms with Gasteiger partial charge in [-0.05, 0) is 13.0 Å². The van der Waals surface area contributed by atoms with E-state index < -0.39 is 10.9 Å². The van der Waals surface area contributed by atoms with E-state index in [1.807, 2.05) is 6.92 Å². The molecular formula is C14H11N3O5S. The van der Waals surface area contributed by atoms with Gasteiger partial charge in [-0.15, -0.1) is 11.3 Å². The molecule has 1 aromatic carbocycles. The van der Waals surface area contributed by atoms with Crippen molar-refractivity contribution in [3.63, 3.8) is 0 Å². The standard InChI is InChI=1S/C14H11N3O5S/c1-2-22-12-4-3-8(17(20)21)5-9(12)11-7-23-14-15-10(13(18)19)6-16(11)14/h3-7H,2H2,1H3,(H,18,19). The molecule has 0 bridgehead atoms. The second-order valence-electron chi connectivity index (χ2n) is 4.58. The highest BCUT2D eigenvalue weighted by atomic mass is 32.1. The Morgan fingerprint density at radius 3 is 2.96 bits per heavy atom. The molecule has 0 aliphatic carbocycles. The predicted molar refractivity (Wildman–Crippen MR) is 83.3 cm³/mol. The van der Waals surface area contributed by atoms with E-state index in [1.165, 1.54) is 35.7 Å². The van der Waals surface area contributed by atoms with Crippen LogP contribution in [0.5, 0.6) is 5.75 Å². The van der Waals surface area contributed by atoms with Crippen LogP contribution in [0.15, 0.2) is 29.8 Å². The fraction of sp³-hybridized carbons (Fsp3) is 0.143. The van der Waals surface area contributed by atoms with Crippen LogP contribution in [-0.4, -0.2) is 32.0 Å². The Hall–Kier alpha value is -2.94. The van der Waals surface area contributed by atoms with Crippen molar-refractivity contribution in [2.24, 2.45) is 0 Å². The van der Waals surface area contributed by atoms with Gasteiger partial charge in [-0.25, -0.2) is 9.78 Å². The summed E-state index contributed by atoms with van der Waals surface area (Å²) in [6, 6.07) is 4.32. The third-order valence-corrected chi connectivity index (χ3v) is 4.02. The number of fused-ring (bicyclic) bond motifs is 1. The van der Waals surface area contributed by atoms with Crippen molar-refractivity contribution in [3.05, 3.63) is 45.6 Å². The number of nitro groups is 1. The van der Waals surface area contributed by atoms with E-state index in [0.717, 1.165) is 0 Å². The lowest BCUT2D eigenvalue weighted by molar-refractivity contribution is -0.384. The second kappa shape index (κ2) is 5.69. The first-order chi connectivity index (χ1) is 11.0. The number of ether oxygens (including phenoxy) is 1. The zero-order valence-corrected chi connectivity index (χ0v) is 12.7. The number of nitro benzene ring substituents is 1. The number of thiazole rings is 1. The molecule has 0 aliphatic rings. The molecule has 3 aromatic rings. The summed E-state index contributed by atoms with van der Waals surface area (Å²) in [5.41, 5.74) is 0.960. The first kappa shape index (κ1) is 15.0. The lowest BCUT2D eigenvalue weighted by Crippen LogP contribution is -1.98. The summed E-state index contributed by atoms with van der Waals surface area (Å²) < 4.78 is 7.12. The smallest absolute Gasteiger partial charge is 0.356 e. The van der Waals surface area contributed by atoms with Gasteiger partial charge >= 0.3 is 5.97 Å². The molecule has 118 valence electrons. The molecule has 0 saturated carbocycles. The molecule has 3 rings (SSSR count). The van der Waals surface area contributed by atoms with Gasteiger partial charge in [0.25, 0.3) is 5.69 Å². The number of imidazole rings is 1. The van der Waals surface area contributed by atoms with Crippen molar-refractivity contribution in [1.29, 1.82) is 0 Å². The summed E-state index contributed by atoms with van der Waals surface area (Å²) in [5.74, 6) is -0.640. The van der Waals surface area contributed by atoms with Gasteiger partial charge in [0.15, 0.2) is 10.7 Å². The molecule has 8 nitrogen and oxygen atoms in total. The van der Waals surface area contributed by atoms with E-state index in [2.05, 4.69) is 4.98 Å². The number of carboxylic acids is 1. The highest BCUT2D eigenvalue weighted by Gasteiger charge is 2.19. The Balaban J connectivity index is 2.21. The van der Waals surface area contributed by atoms with Gasteiger partial charge in [0.05, 0.1) is 17.2 Å².